The topological polar surface area (TPSA) is 94.1 Å². The van der Waals surface area contributed by atoms with E-state index in [1.54, 1.807) is 13.8 Å². The molecule has 0 aliphatic heterocycles. The van der Waals surface area contributed by atoms with Crippen molar-refractivity contribution in [1.29, 1.82) is 0 Å². The van der Waals surface area contributed by atoms with Gasteiger partial charge in [0.1, 0.15) is 11.5 Å². The molecule has 0 fully saturated rings. The fourth-order valence-corrected chi connectivity index (χ4v) is 3.45. The molecule has 27 heavy (non-hydrogen) atoms. The molecule has 0 saturated heterocycles. The van der Waals surface area contributed by atoms with Crippen LogP contribution in [0.5, 0.6) is 11.5 Å². The molecule has 3 aromatic rings. The van der Waals surface area contributed by atoms with Gasteiger partial charge in [-0.25, -0.2) is 0 Å². The van der Waals surface area contributed by atoms with Gasteiger partial charge in [0.2, 0.25) is 0 Å². The molecule has 1 unspecified atom stereocenters. The number of nitrogens with one attached hydrogen (secondary N) is 1. The first-order valence-corrected chi connectivity index (χ1v) is 8.64. The second-order valence-corrected chi connectivity index (χ2v) is 6.82. The van der Waals surface area contributed by atoms with Gasteiger partial charge in [-0.2, -0.15) is 13.8 Å². The molecule has 2 aromatic heterocycles. The number of imidazole rings is 1. The van der Waals surface area contributed by atoms with Crippen LogP contribution in [0.15, 0.2) is 29.6 Å². The third kappa shape index (κ3) is 5.80. The molecule has 2 N–H and O–H groups in total. The van der Waals surface area contributed by atoms with Crippen LogP contribution in [-0.2, 0) is 16.9 Å². The Hall–Kier alpha value is -0.390. The Bertz CT molecular complexity index is 927. The molecule has 2 heterocycles. The van der Waals surface area contributed by atoms with Crippen molar-refractivity contribution in [2.75, 3.05) is 0 Å². The Morgan fingerprint density at radius 2 is 2.00 bits per heavy atom. The van der Waals surface area contributed by atoms with Crippen LogP contribution in [0.1, 0.15) is 16.8 Å². The molecule has 0 aliphatic carbocycles. The summed E-state index contributed by atoms with van der Waals surface area (Å²) in [5.41, 5.74) is 2.64. The summed E-state index contributed by atoms with van der Waals surface area (Å²) in [5, 5.41) is 10.1. The number of fused-ring (bicyclic) bond motifs is 1. The normalized spacial score (nSPS) is 11.8. The summed E-state index contributed by atoms with van der Waals surface area (Å²) in [5.74, 6) is 0.174. The number of hydrogen-bond donors (Lipinski definition) is 2. The number of hydrogen-bond acceptors (Lipinski definition) is 5. The molecular formula is C16H17F2N3Na2O3S. The molecule has 136 valence electrons. The fraction of sp³-hybridized carbons (Fsp3) is 0.250. The minimum atomic E-state index is -2.92. The van der Waals surface area contributed by atoms with Gasteiger partial charge < -0.3 is 14.4 Å². The number of halogens is 2. The molecule has 0 saturated carbocycles. The number of H-pyrrole nitrogens is 1. The quantitative estimate of drug-likeness (QED) is 0.490. The molecule has 0 spiro atoms. The van der Waals surface area contributed by atoms with Gasteiger partial charge in [0.05, 0.1) is 16.7 Å². The van der Waals surface area contributed by atoms with Gasteiger partial charge in [-0.05, 0) is 26.0 Å². The molecular weight excluding hydrogens is 398 g/mol. The number of nitrogens with zero attached hydrogens (tertiary/aromatic N) is 2. The first-order chi connectivity index (χ1) is 11.8. The van der Waals surface area contributed by atoms with Crippen LogP contribution in [0.3, 0.4) is 0 Å². The molecule has 0 radical (unpaired) electrons. The van der Waals surface area contributed by atoms with E-state index >= 15 is 0 Å². The van der Waals surface area contributed by atoms with Crippen molar-refractivity contribution in [2.45, 2.75) is 31.4 Å². The van der Waals surface area contributed by atoms with E-state index in [1.165, 1.54) is 24.4 Å². The van der Waals surface area contributed by atoms with Crippen molar-refractivity contribution in [3.63, 3.8) is 0 Å². The monoisotopic (exact) mass is 415 g/mol. The Morgan fingerprint density at radius 3 is 2.67 bits per heavy atom. The van der Waals surface area contributed by atoms with Crippen LogP contribution in [0.25, 0.3) is 11.0 Å². The summed E-state index contributed by atoms with van der Waals surface area (Å²) >= 11 is -1.54. The van der Waals surface area contributed by atoms with E-state index in [0.29, 0.717) is 27.9 Å². The van der Waals surface area contributed by atoms with E-state index in [4.69, 9.17) is 0 Å². The van der Waals surface area contributed by atoms with Gasteiger partial charge >= 0.3 is 70.9 Å². The zero-order valence-electron chi connectivity index (χ0n) is 13.4. The van der Waals surface area contributed by atoms with E-state index in [0.717, 1.165) is 0 Å². The molecule has 1 aromatic carbocycles. The van der Waals surface area contributed by atoms with Crippen molar-refractivity contribution in [3.05, 3.63) is 41.2 Å². The van der Waals surface area contributed by atoms with E-state index in [2.05, 4.69) is 19.7 Å². The molecule has 0 bridgehead atoms. The van der Waals surface area contributed by atoms with Crippen LogP contribution >= 0.6 is 0 Å². The number of aromatic amines is 1. The second-order valence-electron chi connectivity index (χ2n) is 5.45. The first-order valence-electron chi connectivity index (χ1n) is 7.32. The van der Waals surface area contributed by atoms with E-state index < -0.39 is 17.8 Å². The van der Waals surface area contributed by atoms with Gasteiger partial charge in [-0.1, -0.05) is 0 Å². The second kappa shape index (κ2) is 10.4. The third-order valence-corrected chi connectivity index (χ3v) is 4.88. The van der Waals surface area contributed by atoms with Crippen molar-refractivity contribution in [1.82, 2.24) is 15.0 Å². The van der Waals surface area contributed by atoms with Crippen LogP contribution in [0.4, 0.5) is 8.78 Å². The van der Waals surface area contributed by atoms with Crippen LogP contribution in [-0.4, -0.2) is 90.3 Å². The maximum absolute atomic E-state index is 12.5. The zero-order chi connectivity index (χ0) is 18.1. The number of pyridine rings is 1. The number of aromatic hydroxyl groups is 1. The van der Waals surface area contributed by atoms with Crippen molar-refractivity contribution in [3.8, 4) is 11.5 Å². The Kier molecular flexibility index (Phi) is 9.50. The average molecular weight is 415 g/mol. The number of aryl methyl sites for hydroxylation is 1. The first kappa shape index (κ1) is 24.6. The predicted octanol–water partition coefficient (Wildman–Crippen LogP) is 1.89. The number of ether oxygens (including phenoxy) is 1. The molecule has 0 amide bonds. The zero-order valence-corrected chi connectivity index (χ0v) is 14.2. The number of benzene rings is 1. The summed E-state index contributed by atoms with van der Waals surface area (Å²) in [4.78, 5) is 11.3. The van der Waals surface area contributed by atoms with Gasteiger partial charge in [-0.3, -0.25) is 9.97 Å². The van der Waals surface area contributed by atoms with Gasteiger partial charge in [-0.15, -0.1) is 0 Å². The fourth-order valence-electron chi connectivity index (χ4n) is 2.35. The molecule has 0 aliphatic rings. The van der Waals surface area contributed by atoms with E-state index in [-0.39, 0.29) is 81.5 Å². The molecule has 6 nitrogen and oxygen atoms in total. The Morgan fingerprint density at radius 1 is 1.30 bits per heavy atom. The minimum absolute atomic E-state index is 0. The predicted molar refractivity (Wildman–Crippen MR) is 103 cm³/mol. The Balaban J connectivity index is 0.00000182. The van der Waals surface area contributed by atoms with Gasteiger partial charge in [0.25, 0.3) is 0 Å². The van der Waals surface area contributed by atoms with E-state index in [9.17, 15) is 18.4 Å². The molecule has 3 rings (SSSR count). The van der Waals surface area contributed by atoms with Crippen LogP contribution in [0.2, 0.25) is 0 Å². The molecule has 11 heteroatoms. The van der Waals surface area contributed by atoms with Crippen LogP contribution < -0.4 is 4.74 Å². The summed E-state index contributed by atoms with van der Waals surface area (Å²) in [6, 6.07) is 4.25. The number of aromatic nitrogens is 3. The Labute approximate surface area is 201 Å². The SMILES string of the molecule is Cc1cnc(C[S+]([O-])c2nc3cc(OC(F)F)ccc3[nH]2)c(C)c1O.[NaH].[NaH]. The van der Waals surface area contributed by atoms with Crippen molar-refractivity contribution < 1.29 is 23.2 Å². The molecule has 1 atom stereocenters. The average Bonchev–Trinajstić information content (AvgIpc) is 2.98. The van der Waals surface area contributed by atoms with Crippen molar-refractivity contribution in [2.24, 2.45) is 0 Å². The summed E-state index contributed by atoms with van der Waals surface area (Å²) in [7, 11) is 0. The van der Waals surface area contributed by atoms with Crippen LogP contribution in [0, 0.1) is 13.8 Å². The summed E-state index contributed by atoms with van der Waals surface area (Å²) in [6.07, 6.45) is 1.52. The summed E-state index contributed by atoms with van der Waals surface area (Å²) < 4.78 is 41.4. The van der Waals surface area contributed by atoms with Gasteiger partial charge in [0.15, 0.2) is 5.75 Å². The van der Waals surface area contributed by atoms with Crippen molar-refractivity contribution >= 4 is 81.3 Å². The van der Waals surface area contributed by atoms with Gasteiger partial charge in [0, 0.05) is 34.6 Å². The standard InChI is InChI=1S/C16H15F2N3O3S.2Na.2H/c1-8-6-19-13(9(2)14(8)22)7-25(23)16-20-11-4-3-10(24-15(17)18)5-12(11)21-16;;;;/h3-6,15H,7H2,1-2H3,(H,19,22)(H,20,21);;;;. The number of alkyl halides is 2. The summed E-state index contributed by atoms with van der Waals surface area (Å²) in [6.45, 7) is 0.510. The van der Waals surface area contributed by atoms with E-state index in [1.807, 2.05) is 0 Å². The maximum atomic E-state index is 12.5. The number of rotatable bonds is 5. The third-order valence-electron chi connectivity index (χ3n) is 3.72.